The molecule has 0 fully saturated rings. The molecule has 3 N–H and O–H groups in total. The molecule has 2 heterocycles. The van der Waals surface area contributed by atoms with Crippen molar-refractivity contribution < 1.29 is 17.6 Å². The summed E-state index contributed by atoms with van der Waals surface area (Å²) in [6.07, 6.45) is 1.43. The number of nitrogen functional groups attached to an aromatic ring is 1. The molecule has 5 nitrogen and oxygen atoms in total. The molecule has 1 aliphatic rings. The fourth-order valence-electron chi connectivity index (χ4n) is 2.16. The first-order valence-corrected chi connectivity index (χ1v) is 8.58. The number of amides is 1. The predicted octanol–water partition coefficient (Wildman–Crippen LogP) is 1.66. The third kappa shape index (κ3) is 2.64. The molecule has 0 bridgehead atoms. The van der Waals surface area contributed by atoms with Crippen LogP contribution in [0.15, 0.2) is 29.7 Å². The van der Waals surface area contributed by atoms with Gasteiger partial charge in [-0.3, -0.25) is 4.79 Å². The first-order chi connectivity index (χ1) is 9.85. The number of rotatable bonds is 2. The Bertz CT molecular complexity index is 871. The van der Waals surface area contributed by atoms with Gasteiger partial charge in [0.05, 0.1) is 17.5 Å². The van der Waals surface area contributed by atoms with Crippen molar-refractivity contribution in [3.05, 3.63) is 40.4 Å². The fourth-order valence-corrected chi connectivity index (χ4v) is 4.40. The molecule has 0 saturated carbocycles. The smallest absolute Gasteiger partial charge is 0.264 e. The summed E-state index contributed by atoms with van der Waals surface area (Å²) < 4.78 is 36.5. The third-order valence-corrected chi connectivity index (χ3v) is 5.72. The largest absolute Gasteiger partial charge is 0.397 e. The van der Waals surface area contributed by atoms with E-state index in [0.717, 1.165) is 16.7 Å². The van der Waals surface area contributed by atoms with Crippen molar-refractivity contribution >= 4 is 42.9 Å². The van der Waals surface area contributed by atoms with Gasteiger partial charge in [0.1, 0.15) is 10.7 Å². The second-order valence-electron chi connectivity index (χ2n) is 4.72. The molecular formula is C13H11FN2O3S2. The van der Waals surface area contributed by atoms with Crippen LogP contribution in [0.3, 0.4) is 0 Å². The molecule has 0 aliphatic carbocycles. The van der Waals surface area contributed by atoms with Gasteiger partial charge < -0.3 is 11.1 Å². The van der Waals surface area contributed by atoms with E-state index in [4.69, 9.17) is 5.73 Å². The lowest BCUT2D eigenvalue weighted by atomic mass is 10.2. The molecule has 3 rings (SSSR count). The Balaban J connectivity index is 1.89. The van der Waals surface area contributed by atoms with E-state index in [1.165, 1.54) is 18.2 Å². The van der Waals surface area contributed by atoms with Crippen LogP contribution in [-0.4, -0.2) is 26.1 Å². The zero-order valence-corrected chi connectivity index (χ0v) is 12.3. The van der Waals surface area contributed by atoms with Crippen LogP contribution in [0.25, 0.3) is 10.1 Å². The number of carbonyl (C=O) groups excluding carboxylic acids is 1. The molecule has 1 unspecified atom stereocenters. The molecular weight excluding hydrogens is 315 g/mol. The van der Waals surface area contributed by atoms with Gasteiger partial charge in [0.2, 0.25) is 0 Å². The molecule has 0 radical (unpaired) electrons. The van der Waals surface area contributed by atoms with Crippen molar-refractivity contribution in [1.29, 1.82) is 0 Å². The van der Waals surface area contributed by atoms with E-state index >= 15 is 0 Å². The van der Waals surface area contributed by atoms with Gasteiger partial charge in [0, 0.05) is 15.5 Å². The Kier molecular flexibility index (Phi) is 3.22. The highest BCUT2D eigenvalue weighted by molar-refractivity contribution is 7.94. The average molecular weight is 326 g/mol. The van der Waals surface area contributed by atoms with E-state index in [1.807, 2.05) is 0 Å². The molecule has 0 saturated heterocycles. The van der Waals surface area contributed by atoms with E-state index in [9.17, 15) is 17.6 Å². The van der Waals surface area contributed by atoms with Crippen LogP contribution in [0, 0.1) is 5.82 Å². The highest BCUT2D eigenvalue weighted by atomic mass is 32.2. The second kappa shape index (κ2) is 4.81. The maximum Gasteiger partial charge on any atom is 0.264 e. The maximum atomic E-state index is 13.2. The summed E-state index contributed by atoms with van der Waals surface area (Å²) in [6.45, 7) is 0. The Morgan fingerprint density at radius 1 is 1.43 bits per heavy atom. The third-order valence-electron chi connectivity index (χ3n) is 3.14. The summed E-state index contributed by atoms with van der Waals surface area (Å²) in [6, 6.07) is 3.57. The Morgan fingerprint density at radius 3 is 2.86 bits per heavy atom. The van der Waals surface area contributed by atoms with Crippen molar-refractivity contribution in [3.63, 3.8) is 0 Å². The van der Waals surface area contributed by atoms with Crippen LogP contribution < -0.4 is 11.1 Å². The van der Waals surface area contributed by atoms with Gasteiger partial charge in [0.25, 0.3) is 5.91 Å². The average Bonchev–Trinajstić information content (AvgIpc) is 2.90. The highest BCUT2D eigenvalue weighted by Gasteiger charge is 2.25. The molecule has 1 aromatic carbocycles. The van der Waals surface area contributed by atoms with E-state index in [-0.39, 0.29) is 16.3 Å². The Hall–Kier alpha value is -1.93. The lowest BCUT2D eigenvalue weighted by Crippen LogP contribution is -2.35. The van der Waals surface area contributed by atoms with Crippen molar-refractivity contribution in [2.75, 3.05) is 11.5 Å². The first-order valence-electron chi connectivity index (χ1n) is 6.05. The number of benzene rings is 1. The van der Waals surface area contributed by atoms with E-state index < -0.39 is 27.6 Å². The minimum Gasteiger partial charge on any atom is -0.397 e. The fraction of sp³-hybridized carbons (Fsp3) is 0.154. The number of hydrogen-bond acceptors (Lipinski definition) is 5. The molecule has 1 atom stereocenters. The van der Waals surface area contributed by atoms with Crippen molar-refractivity contribution in [2.45, 2.75) is 6.04 Å². The molecule has 1 aromatic heterocycles. The monoisotopic (exact) mass is 326 g/mol. The van der Waals surface area contributed by atoms with E-state index in [1.54, 1.807) is 6.07 Å². The lowest BCUT2D eigenvalue weighted by Gasteiger charge is -2.09. The number of thiophene rings is 1. The zero-order chi connectivity index (χ0) is 15.2. The second-order valence-corrected chi connectivity index (χ2v) is 7.71. The number of nitrogens with one attached hydrogen (secondary N) is 1. The molecule has 21 heavy (non-hydrogen) atoms. The van der Waals surface area contributed by atoms with Gasteiger partial charge in [-0.15, -0.1) is 11.3 Å². The number of carbonyl (C=O) groups is 1. The quantitative estimate of drug-likeness (QED) is 0.878. The van der Waals surface area contributed by atoms with Crippen LogP contribution >= 0.6 is 11.3 Å². The van der Waals surface area contributed by atoms with E-state index in [0.29, 0.717) is 10.1 Å². The Morgan fingerprint density at radius 2 is 2.19 bits per heavy atom. The van der Waals surface area contributed by atoms with Gasteiger partial charge in [-0.25, -0.2) is 12.8 Å². The molecule has 1 amide bonds. The number of hydrogen-bond donors (Lipinski definition) is 2. The molecule has 2 aromatic rings. The highest BCUT2D eigenvalue weighted by Crippen LogP contribution is 2.34. The van der Waals surface area contributed by atoms with Crippen molar-refractivity contribution in [3.8, 4) is 0 Å². The van der Waals surface area contributed by atoms with E-state index in [2.05, 4.69) is 5.32 Å². The SMILES string of the molecule is Nc1c(C(=O)NC2C=CS(=O)(=O)C2)sc2ccc(F)cc12. The topological polar surface area (TPSA) is 89.3 Å². The zero-order valence-electron chi connectivity index (χ0n) is 10.7. The minimum absolute atomic E-state index is 0.155. The van der Waals surface area contributed by atoms with Gasteiger partial charge >= 0.3 is 0 Å². The summed E-state index contributed by atoms with van der Waals surface area (Å²) >= 11 is 1.15. The van der Waals surface area contributed by atoms with Crippen LogP contribution in [0.2, 0.25) is 0 Å². The molecule has 0 spiro atoms. The molecule has 8 heteroatoms. The van der Waals surface area contributed by atoms with Crippen molar-refractivity contribution in [1.82, 2.24) is 5.32 Å². The Labute approximate surface area is 124 Å². The summed E-state index contributed by atoms with van der Waals surface area (Å²) in [4.78, 5) is 12.4. The van der Waals surface area contributed by atoms with Crippen molar-refractivity contribution in [2.24, 2.45) is 0 Å². The van der Waals surface area contributed by atoms with Crippen LogP contribution in [0.4, 0.5) is 10.1 Å². The number of anilines is 1. The standard InChI is InChI=1S/C13H11FN2O3S2/c14-7-1-2-10-9(5-7)11(15)12(20-10)13(17)16-8-3-4-21(18,19)6-8/h1-5,8H,6,15H2,(H,16,17). The number of halogens is 1. The summed E-state index contributed by atoms with van der Waals surface area (Å²) in [5.41, 5.74) is 6.09. The van der Waals surface area contributed by atoms with Crippen LogP contribution in [-0.2, 0) is 9.84 Å². The number of nitrogens with two attached hydrogens (primary N) is 1. The van der Waals surface area contributed by atoms with Gasteiger partial charge in [-0.2, -0.15) is 0 Å². The molecule has 110 valence electrons. The number of sulfone groups is 1. The number of fused-ring (bicyclic) bond motifs is 1. The lowest BCUT2D eigenvalue weighted by molar-refractivity contribution is 0.0952. The predicted molar refractivity (Wildman–Crippen MR) is 80.4 cm³/mol. The normalized spacial score (nSPS) is 20.0. The summed E-state index contributed by atoms with van der Waals surface area (Å²) in [5, 5.41) is 4.17. The summed E-state index contributed by atoms with van der Waals surface area (Å²) in [7, 11) is -3.24. The minimum atomic E-state index is -3.24. The summed E-state index contributed by atoms with van der Waals surface area (Å²) in [5.74, 6) is -1.04. The first kappa shape index (κ1) is 14.0. The molecule has 1 aliphatic heterocycles. The van der Waals surface area contributed by atoms with Gasteiger partial charge in [-0.1, -0.05) is 0 Å². The van der Waals surface area contributed by atoms with Crippen LogP contribution in [0.5, 0.6) is 0 Å². The van der Waals surface area contributed by atoms with Gasteiger partial charge in [0.15, 0.2) is 9.84 Å². The van der Waals surface area contributed by atoms with Gasteiger partial charge in [-0.05, 0) is 24.3 Å². The van der Waals surface area contributed by atoms with Crippen LogP contribution in [0.1, 0.15) is 9.67 Å². The maximum absolute atomic E-state index is 13.2.